The van der Waals surface area contributed by atoms with Crippen LogP contribution in [0.5, 0.6) is 5.75 Å². The van der Waals surface area contributed by atoms with E-state index in [9.17, 15) is 0 Å². The second-order valence-corrected chi connectivity index (χ2v) is 6.05. The summed E-state index contributed by atoms with van der Waals surface area (Å²) in [6.45, 7) is 5.89. The molecule has 4 nitrogen and oxygen atoms in total. The van der Waals surface area contributed by atoms with Crippen LogP contribution in [-0.4, -0.2) is 30.1 Å². The Labute approximate surface area is 120 Å². The summed E-state index contributed by atoms with van der Waals surface area (Å²) in [5.41, 5.74) is 7.30. The van der Waals surface area contributed by atoms with E-state index in [-0.39, 0.29) is 6.10 Å². The summed E-state index contributed by atoms with van der Waals surface area (Å²) in [7, 11) is 0. The predicted octanol–water partition coefficient (Wildman–Crippen LogP) is 2.56. The van der Waals surface area contributed by atoms with E-state index >= 15 is 0 Å². The third kappa shape index (κ3) is 2.89. The van der Waals surface area contributed by atoms with Crippen molar-refractivity contribution in [2.75, 3.05) is 13.1 Å². The number of rotatable bonds is 5. The van der Waals surface area contributed by atoms with Crippen molar-refractivity contribution in [2.24, 2.45) is 16.6 Å². The van der Waals surface area contributed by atoms with Crippen LogP contribution in [0.3, 0.4) is 0 Å². The van der Waals surface area contributed by atoms with Crippen molar-refractivity contribution in [3.63, 3.8) is 0 Å². The van der Waals surface area contributed by atoms with Gasteiger partial charge in [-0.05, 0) is 50.3 Å². The van der Waals surface area contributed by atoms with Crippen LogP contribution in [0.2, 0.25) is 0 Å². The largest absolute Gasteiger partial charge is 0.491 e. The van der Waals surface area contributed by atoms with Crippen molar-refractivity contribution < 1.29 is 4.74 Å². The zero-order valence-electron chi connectivity index (χ0n) is 12.2. The Hall–Kier alpha value is -1.71. The van der Waals surface area contributed by atoms with Gasteiger partial charge in [0.2, 0.25) is 0 Å². The van der Waals surface area contributed by atoms with Crippen LogP contribution in [0.25, 0.3) is 0 Å². The molecule has 20 heavy (non-hydrogen) atoms. The number of benzene rings is 1. The van der Waals surface area contributed by atoms with Gasteiger partial charge in [-0.15, -0.1) is 0 Å². The minimum absolute atomic E-state index is 0.206. The van der Waals surface area contributed by atoms with Crippen molar-refractivity contribution in [3.05, 3.63) is 29.8 Å². The molecule has 0 aromatic heterocycles. The molecule has 1 unspecified atom stereocenters. The van der Waals surface area contributed by atoms with Crippen LogP contribution < -0.4 is 10.5 Å². The average molecular weight is 273 g/mol. The van der Waals surface area contributed by atoms with Crippen LogP contribution in [-0.2, 0) is 0 Å². The molecule has 1 aromatic carbocycles. The molecule has 108 valence electrons. The Morgan fingerprint density at radius 3 is 2.60 bits per heavy atom. The van der Waals surface area contributed by atoms with Crippen LogP contribution >= 0.6 is 0 Å². The van der Waals surface area contributed by atoms with Crippen molar-refractivity contribution in [3.8, 4) is 5.75 Å². The number of hydrogen-bond donors (Lipinski definition) is 1. The highest BCUT2D eigenvalue weighted by Crippen LogP contribution is 2.34. The van der Waals surface area contributed by atoms with E-state index in [1.54, 1.807) is 0 Å². The van der Waals surface area contributed by atoms with E-state index in [2.05, 4.69) is 22.0 Å². The van der Waals surface area contributed by atoms with Gasteiger partial charge in [0.25, 0.3) is 0 Å². The molecule has 1 fully saturated rings. The van der Waals surface area contributed by atoms with Gasteiger partial charge in [-0.25, -0.2) is 0 Å². The Balaban J connectivity index is 1.71. The Morgan fingerprint density at radius 1 is 1.30 bits per heavy atom. The molecule has 0 bridgehead atoms. The van der Waals surface area contributed by atoms with Gasteiger partial charge in [-0.2, -0.15) is 0 Å². The molecule has 1 atom stereocenters. The first-order chi connectivity index (χ1) is 9.63. The SMILES string of the molecule is CC(C)Oc1ccc(C2CN=C(N)N2CC2CC2)cc1. The first kappa shape index (κ1) is 13.3. The van der Waals surface area contributed by atoms with Crippen LogP contribution in [0.15, 0.2) is 29.3 Å². The molecule has 0 spiro atoms. The number of ether oxygens (including phenoxy) is 1. The van der Waals surface area contributed by atoms with E-state index in [1.165, 1.54) is 18.4 Å². The Bertz CT molecular complexity index is 491. The van der Waals surface area contributed by atoms with Crippen LogP contribution in [0.4, 0.5) is 0 Å². The minimum atomic E-state index is 0.206. The fourth-order valence-corrected chi connectivity index (χ4v) is 2.65. The zero-order chi connectivity index (χ0) is 14.1. The van der Waals surface area contributed by atoms with E-state index < -0.39 is 0 Å². The minimum Gasteiger partial charge on any atom is -0.491 e. The molecule has 1 aliphatic carbocycles. The summed E-state index contributed by atoms with van der Waals surface area (Å²) in [4.78, 5) is 6.68. The first-order valence-electron chi connectivity index (χ1n) is 7.46. The van der Waals surface area contributed by atoms with Crippen molar-refractivity contribution in [1.82, 2.24) is 4.90 Å². The highest BCUT2D eigenvalue weighted by molar-refractivity contribution is 5.80. The molecule has 3 rings (SSSR count). The van der Waals surface area contributed by atoms with Crippen molar-refractivity contribution in [2.45, 2.75) is 38.8 Å². The molecule has 4 heteroatoms. The molecule has 0 saturated heterocycles. The number of hydrogen-bond acceptors (Lipinski definition) is 4. The molecule has 2 aliphatic rings. The molecule has 1 aliphatic heterocycles. The first-order valence-corrected chi connectivity index (χ1v) is 7.46. The van der Waals surface area contributed by atoms with E-state index in [1.807, 2.05) is 26.0 Å². The monoisotopic (exact) mass is 273 g/mol. The molecule has 0 radical (unpaired) electrons. The van der Waals surface area contributed by atoms with Gasteiger partial charge in [0.05, 0.1) is 18.7 Å². The number of aliphatic imine (C=N–C) groups is 1. The molecule has 1 saturated carbocycles. The van der Waals surface area contributed by atoms with Gasteiger partial charge in [-0.1, -0.05) is 12.1 Å². The second kappa shape index (κ2) is 5.35. The second-order valence-electron chi connectivity index (χ2n) is 6.05. The van der Waals surface area contributed by atoms with E-state index in [0.29, 0.717) is 12.0 Å². The number of nitrogens with two attached hydrogens (primary N) is 1. The molecular weight excluding hydrogens is 250 g/mol. The van der Waals surface area contributed by atoms with Crippen molar-refractivity contribution >= 4 is 5.96 Å². The molecule has 1 heterocycles. The summed E-state index contributed by atoms with van der Waals surface area (Å²) in [5, 5.41) is 0. The lowest BCUT2D eigenvalue weighted by Gasteiger charge is -2.26. The normalized spacial score (nSPS) is 22.2. The molecule has 1 aromatic rings. The fraction of sp³-hybridized carbons (Fsp3) is 0.562. The maximum atomic E-state index is 6.03. The summed E-state index contributed by atoms with van der Waals surface area (Å²) >= 11 is 0. The van der Waals surface area contributed by atoms with Gasteiger partial charge in [-0.3, -0.25) is 4.99 Å². The van der Waals surface area contributed by atoms with Crippen LogP contribution in [0, 0.1) is 5.92 Å². The predicted molar refractivity (Wildman–Crippen MR) is 80.9 cm³/mol. The number of guanidine groups is 1. The highest BCUT2D eigenvalue weighted by atomic mass is 16.5. The van der Waals surface area contributed by atoms with E-state index in [0.717, 1.165) is 24.8 Å². The molecule has 2 N–H and O–H groups in total. The molecule has 0 amide bonds. The molecular formula is C16H23N3O. The number of nitrogens with zero attached hydrogens (tertiary/aromatic N) is 2. The highest BCUT2D eigenvalue weighted by Gasteiger charge is 2.32. The summed E-state index contributed by atoms with van der Waals surface area (Å²) in [6.07, 6.45) is 2.87. The standard InChI is InChI=1S/C16H23N3O/c1-11(2)20-14-7-5-13(6-8-14)15-9-18-16(17)19(15)10-12-3-4-12/h5-8,11-12,15H,3-4,9-10H2,1-2H3,(H2,17,18). The van der Waals surface area contributed by atoms with E-state index in [4.69, 9.17) is 10.5 Å². The quantitative estimate of drug-likeness (QED) is 0.897. The third-order valence-electron chi connectivity index (χ3n) is 3.89. The van der Waals surface area contributed by atoms with Gasteiger partial charge in [0.15, 0.2) is 5.96 Å². The Morgan fingerprint density at radius 2 is 2.00 bits per heavy atom. The average Bonchev–Trinajstić information content (AvgIpc) is 3.15. The third-order valence-corrected chi connectivity index (χ3v) is 3.89. The van der Waals surface area contributed by atoms with Gasteiger partial charge in [0, 0.05) is 6.54 Å². The summed E-state index contributed by atoms with van der Waals surface area (Å²) in [6, 6.07) is 8.65. The maximum absolute atomic E-state index is 6.03. The lowest BCUT2D eigenvalue weighted by molar-refractivity contribution is 0.242. The summed E-state index contributed by atoms with van der Waals surface area (Å²) < 4.78 is 5.69. The van der Waals surface area contributed by atoms with Gasteiger partial charge in [0.1, 0.15) is 5.75 Å². The lowest BCUT2D eigenvalue weighted by atomic mass is 10.1. The van der Waals surface area contributed by atoms with Gasteiger partial charge >= 0.3 is 0 Å². The topological polar surface area (TPSA) is 50.9 Å². The van der Waals surface area contributed by atoms with Crippen LogP contribution in [0.1, 0.15) is 38.3 Å². The Kier molecular flexibility index (Phi) is 3.55. The maximum Gasteiger partial charge on any atom is 0.191 e. The summed E-state index contributed by atoms with van der Waals surface area (Å²) in [5.74, 6) is 2.43. The lowest BCUT2D eigenvalue weighted by Crippen LogP contribution is -2.37. The fourth-order valence-electron chi connectivity index (χ4n) is 2.65. The van der Waals surface area contributed by atoms with Crippen molar-refractivity contribution in [1.29, 1.82) is 0 Å². The smallest absolute Gasteiger partial charge is 0.191 e. The van der Waals surface area contributed by atoms with Gasteiger partial charge < -0.3 is 15.4 Å². The zero-order valence-corrected chi connectivity index (χ0v) is 12.2.